The minimum atomic E-state index is -0.298. The van der Waals surface area contributed by atoms with Gasteiger partial charge < -0.3 is 0 Å². The molecule has 4 rings (SSSR count). The molecule has 3 heteroatoms. The highest BCUT2D eigenvalue weighted by atomic mass is 16.6. The van der Waals surface area contributed by atoms with Crippen LogP contribution in [0.1, 0.15) is 44.9 Å². The summed E-state index contributed by atoms with van der Waals surface area (Å²) in [5.74, 6) is 2.40. The Labute approximate surface area is 126 Å². The Morgan fingerprint density at radius 3 is 3.00 bits per heavy atom. The van der Waals surface area contributed by atoms with Crippen molar-refractivity contribution in [2.75, 3.05) is 6.54 Å². The van der Waals surface area contributed by atoms with E-state index in [2.05, 4.69) is 24.3 Å². The van der Waals surface area contributed by atoms with Crippen molar-refractivity contribution >= 4 is 0 Å². The standard InChI is InChI=1S/C18H23NO2/c20-19(21)12-18-10-3-6-17(18)16-8-7-13-4-1-2-5-14(13)15(16)9-11-18/h3,6,8,10,13-15H,1-2,4-5,7,9,11-12H2/t13?,14-,15+,18-/m0/s1. The average molecular weight is 285 g/mol. The Hall–Kier alpha value is -1.38. The molecule has 0 saturated heterocycles. The van der Waals surface area contributed by atoms with Gasteiger partial charge in [0.1, 0.15) is 0 Å². The Bertz CT molecular complexity index is 560. The maximum Gasteiger partial charge on any atom is 0.216 e. The number of hydrogen-bond acceptors (Lipinski definition) is 2. The summed E-state index contributed by atoms with van der Waals surface area (Å²) in [5, 5.41) is 11.1. The van der Waals surface area contributed by atoms with E-state index in [0.29, 0.717) is 5.92 Å². The molecule has 2 fully saturated rings. The van der Waals surface area contributed by atoms with Crippen molar-refractivity contribution in [3.05, 3.63) is 45.6 Å². The number of allylic oxidation sites excluding steroid dienone is 4. The zero-order valence-electron chi connectivity index (χ0n) is 12.5. The smallest absolute Gasteiger partial charge is 0.216 e. The van der Waals surface area contributed by atoms with Gasteiger partial charge in [-0.05, 0) is 61.0 Å². The average Bonchev–Trinajstić information content (AvgIpc) is 2.89. The Morgan fingerprint density at radius 2 is 2.14 bits per heavy atom. The number of hydrogen-bond donors (Lipinski definition) is 0. The number of nitrogens with zero attached hydrogens (tertiary/aromatic N) is 1. The summed E-state index contributed by atoms with van der Waals surface area (Å²) in [5.41, 5.74) is 2.45. The predicted molar refractivity (Wildman–Crippen MR) is 82.4 cm³/mol. The van der Waals surface area contributed by atoms with Gasteiger partial charge in [0.25, 0.3) is 0 Å². The maximum absolute atomic E-state index is 11.1. The molecule has 0 bridgehead atoms. The van der Waals surface area contributed by atoms with E-state index in [-0.39, 0.29) is 16.9 Å². The summed E-state index contributed by atoms with van der Waals surface area (Å²) in [6.07, 6.45) is 17.6. The first kappa shape index (κ1) is 13.3. The van der Waals surface area contributed by atoms with Gasteiger partial charge in [-0.2, -0.15) is 0 Å². The molecule has 4 aliphatic rings. The number of nitro groups is 1. The van der Waals surface area contributed by atoms with Gasteiger partial charge in [-0.25, -0.2) is 0 Å². The fourth-order valence-electron chi connectivity index (χ4n) is 5.44. The summed E-state index contributed by atoms with van der Waals surface area (Å²) >= 11 is 0. The van der Waals surface area contributed by atoms with Crippen molar-refractivity contribution in [2.24, 2.45) is 23.2 Å². The van der Waals surface area contributed by atoms with Gasteiger partial charge >= 0.3 is 0 Å². The second-order valence-corrected chi connectivity index (χ2v) is 7.34. The van der Waals surface area contributed by atoms with E-state index in [9.17, 15) is 10.1 Å². The normalized spacial score (nSPS) is 40.7. The quantitative estimate of drug-likeness (QED) is 0.561. The fourth-order valence-corrected chi connectivity index (χ4v) is 5.44. The van der Waals surface area contributed by atoms with Crippen LogP contribution in [0.3, 0.4) is 0 Å². The molecule has 0 spiro atoms. The Balaban J connectivity index is 1.67. The number of fused-ring (bicyclic) bond motifs is 5. The molecule has 0 aromatic carbocycles. The van der Waals surface area contributed by atoms with Crippen LogP contribution < -0.4 is 0 Å². The largest absolute Gasteiger partial charge is 0.265 e. The SMILES string of the molecule is O=[N+]([O-])C[C@@]12C=CC=C1C1=CCC3CCCC[C@@H]3[C@H]1CC2. The molecule has 0 aliphatic heterocycles. The minimum Gasteiger partial charge on any atom is -0.265 e. The van der Waals surface area contributed by atoms with Gasteiger partial charge in [0.05, 0.1) is 5.41 Å². The van der Waals surface area contributed by atoms with Crippen LogP contribution in [0.25, 0.3) is 0 Å². The van der Waals surface area contributed by atoms with Crippen molar-refractivity contribution in [2.45, 2.75) is 44.9 Å². The Kier molecular flexibility index (Phi) is 3.05. The third-order valence-corrected chi connectivity index (χ3v) is 6.36. The molecule has 0 radical (unpaired) electrons. The first-order valence-electron chi connectivity index (χ1n) is 8.42. The first-order valence-corrected chi connectivity index (χ1v) is 8.42. The van der Waals surface area contributed by atoms with Gasteiger partial charge in [0, 0.05) is 4.92 Å². The third kappa shape index (κ3) is 2.01. The van der Waals surface area contributed by atoms with Crippen molar-refractivity contribution in [3.63, 3.8) is 0 Å². The topological polar surface area (TPSA) is 43.1 Å². The second kappa shape index (κ2) is 4.82. The molecule has 4 aliphatic carbocycles. The summed E-state index contributed by atoms with van der Waals surface area (Å²) < 4.78 is 0. The van der Waals surface area contributed by atoms with Crippen LogP contribution in [0.5, 0.6) is 0 Å². The van der Waals surface area contributed by atoms with E-state index >= 15 is 0 Å². The third-order valence-electron chi connectivity index (χ3n) is 6.36. The summed E-state index contributed by atoms with van der Waals surface area (Å²) in [4.78, 5) is 11.0. The molecular formula is C18H23NO2. The maximum atomic E-state index is 11.1. The van der Waals surface area contributed by atoms with Crippen LogP contribution in [0, 0.1) is 33.3 Å². The molecule has 0 N–H and O–H groups in total. The monoisotopic (exact) mass is 285 g/mol. The lowest BCUT2D eigenvalue weighted by molar-refractivity contribution is -0.492. The number of rotatable bonds is 2. The van der Waals surface area contributed by atoms with E-state index in [1.807, 2.05) is 0 Å². The van der Waals surface area contributed by atoms with Crippen LogP contribution in [0.2, 0.25) is 0 Å². The van der Waals surface area contributed by atoms with Crippen LogP contribution in [0.4, 0.5) is 0 Å². The van der Waals surface area contributed by atoms with E-state index in [1.165, 1.54) is 43.3 Å². The molecular weight excluding hydrogens is 262 g/mol. The highest BCUT2D eigenvalue weighted by Crippen LogP contribution is 2.57. The van der Waals surface area contributed by atoms with Crippen molar-refractivity contribution in [1.29, 1.82) is 0 Å². The molecule has 2 saturated carbocycles. The van der Waals surface area contributed by atoms with Crippen molar-refractivity contribution in [1.82, 2.24) is 0 Å². The van der Waals surface area contributed by atoms with Gasteiger partial charge in [-0.3, -0.25) is 10.1 Å². The zero-order valence-corrected chi connectivity index (χ0v) is 12.5. The summed E-state index contributed by atoms with van der Waals surface area (Å²) in [6.45, 7) is 0.0630. The van der Waals surface area contributed by atoms with E-state index < -0.39 is 0 Å². The lowest BCUT2D eigenvalue weighted by atomic mass is 9.56. The molecule has 1 unspecified atom stereocenters. The predicted octanol–water partition coefficient (Wildman–Crippen LogP) is 4.29. The molecule has 0 heterocycles. The lowest BCUT2D eigenvalue weighted by Crippen LogP contribution is -2.40. The van der Waals surface area contributed by atoms with Gasteiger partial charge in [0.2, 0.25) is 6.54 Å². The highest BCUT2D eigenvalue weighted by molar-refractivity contribution is 5.51. The van der Waals surface area contributed by atoms with E-state index in [0.717, 1.165) is 24.7 Å². The zero-order chi connectivity index (χ0) is 14.4. The minimum absolute atomic E-state index is 0.0630. The van der Waals surface area contributed by atoms with Crippen LogP contribution >= 0.6 is 0 Å². The second-order valence-electron chi connectivity index (χ2n) is 7.34. The summed E-state index contributed by atoms with van der Waals surface area (Å²) in [7, 11) is 0. The van der Waals surface area contributed by atoms with Gasteiger partial charge in [-0.15, -0.1) is 0 Å². The highest BCUT2D eigenvalue weighted by Gasteiger charge is 2.49. The Morgan fingerprint density at radius 1 is 1.29 bits per heavy atom. The van der Waals surface area contributed by atoms with Crippen LogP contribution in [0.15, 0.2) is 35.5 Å². The van der Waals surface area contributed by atoms with Crippen molar-refractivity contribution < 1.29 is 4.92 Å². The molecule has 21 heavy (non-hydrogen) atoms. The fraction of sp³-hybridized carbons (Fsp3) is 0.667. The lowest BCUT2D eigenvalue weighted by Gasteiger charge is -2.47. The molecule has 4 atom stereocenters. The molecule has 3 nitrogen and oxygen atoms in total. The van der Waals surface area contributed by atoms with Gasteiger partial charge in [0.15, 0.2) is 0 Å². The van der Waals surface area contributed by atoms with Crippen molar-refractivity contribution in [3.8, 4) is 0 Å². The molecule has 0 aromatic heterocycles. The molecule has 112 valence electrons. The summed E-state index contributed by atoms with van der Waals surface area (Å²) in [6, 6.07) is 0. The molecule has 0 amide bonds. The van der Waals surface area contributed by atoms with Crippen LogP contribution in [-0.4, -0.2) is 11.5 Å². The first-order chi connectivity index (χ1) is 10.2. The molecule has 0 aromatic rings. The van der Waals surface area contributed by atoms with E-state index in [4.69, 9.17) is 0 Å². The van der Waals surface area contributed by atoms with Gasteiger partial charge in [-0.1, -0.05) is 37.1 Å². The van der Waals surface area contributed by atoms with Crippen LogP contribution in [-0.2, 0) is 0 Å². The van der Waals surface area contributed by atoms with E-state index in [1.54, 1.807) is 0 Å².